The maximum Gasteiger partial charge on any atom is 0.284 e. The molecular weight excluding hydrogens is 330 g/mol. The van der Waals surface area contributed by atoms with Gasteiger partial charge in [-0.3, -0.25) is 9.79 Å². The second kappa shape index (κ2) is 8.42. The monoisotopic (exact) mass is 355 g/mol. The maximum atomic E-state index is 11.1. The number of aliphatic imine (C=N–C) groups is 1. The molecule has 138 valence electrons. The summed E-state index contributed by atoms with van der Waals surface area (Å²) in [6.45, 7) is 2.47. The van der Waals surface area contributed by atoms with Gasteiger partial charge in [-0.1, -0.05) is 18.2 Å². The van der Waals surface area contributed by atoms with Crippen molar-refractivity contribution in [3.05, 3.63) is 54.0 Å². The number of para-hydroxylation sites is 1. The van der Waals surface area contributed by atoms with Crippen LogP contribution in [0.3, 0.4) is 0 Å². The third-order valence-corrected chi connectivity index (χ3v) is 4.52. The summed E-state index contributed by atoms with van der Waals surface area (Å²) >= 11 is 0. The van der Waals surface area contributed by atoms with E-state index in [0.29, 0.717) is 18.3 Å². The number of carbonyl (C=O) groups is 1. The molecule has 1 aromatic heterocycles. The van der Waals surface area contributed by atoms with Crippen LogP contribution in [0.2, 0.25) is 0 Å². The number of guanidine groups is 1. The van der Waals surface area contributed by atoms with Crippen LogP contribution in [0.15, 0.2) is 51.9 Å². The Bertz CT molecular complexity index is 748. The van der Waals surface area contributed by atoms with E-state index in [4.69, 9.17) is 10.2 Å². The molecule has 0 aliphatic carbocycles. The lowest BCUT2D eigenvalue weighted by atomic mass is 10.0. The largest absolute Gasteiger partial charge is 0.454 e. The number of nitrogens with one attached hydrogen (secondary N) is 2. The van der Waals surface area contributed by atoms with E-state index >= 15 is 0 Å². The number of anilines is 1. The lowest BCUT2D eigenvalue weighted by Gasteiger charge is -2.34. The van der Waals surface area contributed by atoms with Crippen molar-refractivity contribution in [1.29, 1.82) is 0 Å². The van der Waals surface area contributed by atoms with Gasteiger partial charge >= 0.3 is 0 Å². The molecule has 2 aromatic rings. The van der Waals surface area contributed by atoms with Gasteiger partial charge in [-0.05, 0) is 37.1 Å². The van der Waals surface area contributed by atoms with Gasteiger partial charge in [0.15, 0.2) is 11.7 Å². The second-order valence-electron chi connectivity index (χ2n) is 6.30. The van der Waals surface area contributed by atoms with Crippen LogP contribution in [0.1, 0.15) is 29.2 Å². The summed E-state index contributed by atoms with van der Waals surface area (Å²) in [7, 11) is 1.74. The first-order valence-corrected chi connectivity index (χ1v) is 8.81. The number of nitrogens with two attached hydrogens (primary N) is 1. The fourth-order valence-electron chi connectivity index (χ4n) is 3.09. The highest BCUT2D eigenvalue weighted by Crippen LogP contribution is 2.19. The Morgan fingerprint density at radius 2 is 1.96 bits per heavy atom. The quantitative estimate of drug-likeness (QED) is 0.561. The number of hydrogen-bond acceptors (Lipinski definition) is 4. The van der Waals surface area contributed by atoms with Gasteiger partial charge in [0.1, 0.15) is 5.76 Å². The number of carbonyl (C=O) groups excluding carboxylic acids is 1. The van der Waals surface area contributed by atoms with E-state index in [1.54, 1.807) is 19.2 Å². The van der Waals surface area contributed by atoms with E-state index in [0.717, 1.165) is 31.9 Å². The summed E-state index contributed by atoms with van der Waals surface area (Å²) in [5.41, 5.74) is 6.47. The Hall–Kier alpha value is -2.96. The molecule has 1 aliphatic heterocycles. The van der Waals surface area contributed by atoms with E-state index < -0.39 is 5.91 Å². The van der Waals surface area contributed by atoms with Crippen molar-refractivity contribution in [2.24, 2.45) is 10.7 Å². The fraction of sp³-hybridized carbons (Fsp3) is 0.368. The first-order valence-electron chi connectivity index (χ1n) is 8.81. The van der Waals surface area contributed by atoms with E-state index in [1.807, 2.05) is 6.07 Å². The lowest BCUT2D eigenvalue weighted by molar-refractivity contribution is 0.0972. The Labute approximate surface area is 153 Å². The summed E-state index contributed by atoms with van der Waals surface area (Å²) in [4.78, 5) is 17.7. The Kier molecular flexibility index (Phi) is 5.78. The maximum absolute atomic E-state index is 11.1. The standard InChI is InChI=1S/C19H25N5O2/c1-21-19(22-13-16-7-8-17(26-16)18(20)25)23-14-9-11-24(12-10-14)15-5-3-2-4-6-15/h2-8,14H,9-13H2,1H3,(H2,20,25)(H2,21,22,23). The molecule has 0 radical (unpaired) electrons. The zero-order valence-electron chi connectivity index (χ0n) is 14.9. The van der Waals surface area contributed by atoms with Crippen molar-refractivity contribution in [1.82, 2.24) is 10.6 Å². The molecule has 1 saturated heterocycles. The number of primary amides is 1. The van der Waals surface area contributed by atoms with Crippen molar-refractivity contribution in [2.75, 3.05) is 25.0 Å². The fourth-order valence-corrected chi connectivity index (χ4v) is 3.09. The highest BCUT2D eigenvalue weighted by Gasteiger charge is 2.20. The van der Waals surface area contributed by atoms with Crippen molar-refractivity contribution < 1.29 is 9.21 Å². The molecule has 0 atom stereocenters. The van der Waals surface area contributed by atoms with Gasteiger partial charge in [-0.15, -0.1) is 0 Å². The zero-order valence-corrected chi connectivity index (χ0v) is 14.9. The molecule has 26 heavy (non-hydrogen) atoms. The van der Waals surface area contributed by atoms with Crippen molar-refractivity contribution in [3.63, 3.8) is 0 Å². The van der Waals surface area contributed by atoms with Crippen LogP contribution in [0, 0.1) is 0 Å². The van der Waals surface area contributed by atoms with Crippen LogP contribution in [-0.4, -0.2) is 38.0 Å². The topological polar surface area (TPSA) is 95.9 Å². The highest BCUT2D eigenvalue weighted by molar-refractivity contribution is 5.89. The van der Waals surface area contributed by atoms with Crippen LogP contribution in [0.5, 0.6) is 0 Å². The molecule has 7 heteroatoms. The molecule has 0 spiro atoms. The van der Waals surface area contributed by atoms with Gasteiger partial charge < -0.3 is 25.7 Å². The van der Waals surface area contributed by atoms with Crippen molar-refractivity contribution in [2.45, 2.75) is 25.4 Å². The SMILES string of the molecule is CN=C(NCc1ccc(C(N)=O)o1)NC1CCN(c2ccccc2)CC1. The number of piperidine rings is 1. The van der Waals surface area contributed by atoms with Crippen molar-refractivity contribution >= 4 is 17.6 Å². The number of nitrogens with zero attached hydrogens (tertiary/aromatic N) is 2. The van der Waals surface area contributed by atoms with E-state index in [2.05, 4.69) is 44.8 Å². The van der Waals surface area contributed by atoms with Crippen LogP contribution < -0.4 is 21.3 Å². The van der Waals surface area contributed by atoms with Gasteiger partial charge in [0.2, 0.25) is 0 Å². The minimum Gasteiger partial charge on any atom is -0.454 e. The highest BCUT2D eigenvalue weighted by atomic mass is 16.3. The molecule has 0 unspecified atom stereocenters. The number of benzene rings is 1. The molecule has 3 rings (SSSR count). The number of hydrogen-bond donors (Lipinski definition) is 3. The third kappa shape index (κ3) is 4.56. The predicted molar refractivity (Wildman–Crippen MR) is 102 cm³/mol. The van der Waals surface area contributed by atoms with Gasteiger partial charge in [0.25, 0.3) is 5.91 Å². The van der Waals surface area contributed by atoms with E-state index in [1.165, 1.54) is 5.69 Å². The van der Waals surface area contributed by atoms with Crippen LogP contribution in [0.4, 0.5) is 5.69 Å². The molecule has 1 amide bonds. The van der Waals surface area contributed by atoms with Gasteiger partial charge in [0.05, 0.1) is 6.54 Å². The van der Waals surface area contributed by atoms with E-state index in [9.17, 15) is 4.79 Å². The lowest BCUT2D eigenvalue weighted by Crippen LogP contribution is -2.48. The molecule has 0 bridgehead atoms. The summed E-state index contributed by atoms with van der Waals surface area (Å²) < 4.78 is 5.37. The van der Waals surface area contributed by atoms with Gasteiger partial charge in [0, 0.05) is 31.9 Å². The second-order valence-corrected chi connectivity index (χ2v) is 6.30. The minimum absolute atomic E-state index is 0.165. The average Bonchev–Trinajstić information content (AvgIpc) is 3.16. The Morgan fingerprint density at radius 1 is 1.23 bits per heavy atom. The Balaban J connectivity index is 1.46. The van der Waals surface area contributed by atoms with Crippen LogP contribution in [0.25, 0.3) is 0 Å². The number of rotatable bonds is 5. The van der Waals surface area contributed by atoms with Gasteiger partial charge in [-0.25, -0.2) is 0 Å². The average molecular weight is 355 g/mol. The molecule has 0 saturated carbocycles. The molecular formula is C19H25N5O2. The minimum atomic E-state index is -0.566. The third-order valence-electron chi connectivity index (χ3n) is 4.52. The molecule has 7 nitrogen and oxygen atoms in total. The summed E-state index contributed by atoms with van der Waals surface area (Å²) in [5, 5.41) is 6.66. The molecule has 1 aliphatic rings. The van der Waals surface area contributed by atoms with Gasteiger partial charge in [-0.2, -0.15) is 0 Å². The first-order chi connectivity index (χ1) is 12.7. The molecule has 1 aromatic carbocycles. The number of furan rings is 1. The summed E-state index contributed by atoms with van der Waals surface area (Å²) in [6, 6.07) is 14.2. The number of amides is 1. The predicted octanol–water partition coefficient (Wildman–Crippen LogP) is 1.71. The van der Waals surface area contributed by atoms with Crippen molar-refractivity contribution in [3.8, 4) is 0 Å². The summed E-state index contributed by atoms with van der Waals surface area (Å²) in [5.74, 6) is 0.961. The summed E-state index contributed by atoms with van der Waals surface area (Å²) in [6.07, 6.45) is 2.09. The van der Waals surface area contributed by atoms with Crippen LogP contribution in [-0.2, 0) is 6.54 Å². The molecule has 4 N–H and O–H groups in total. The molecule has 1 fully saturated rings. The Morgan fingerprint density at radius 3 is 2.58 bits per heavy atom. The first kappa shape index (κ1) is 17.8. The zero-order chi connectivity index (χ0) is 18.4. The normalized spacial score (nSPS) is 15.7. The molecule has 2 heterocycles. The van der Waals surface area contributed by atoms with Crippen LogP contribution >= 0.6 is 0 Å². The van der Waals surface area contributed by atoms with E-state index in [-0.39, 0.29) is 5.76 Å². The smallest absolute Gasteiger partial charge is 0.284 e.